The number of amides is 1. The molecule has 2 aromatic heterocycles. The van der Waals surface area contributed by atoms with E-state index >= 15 is 0 Å². The topological polar surface area (TPSA) is 93.2 Å². The van der Waals surface area contributed by atoms with Crippen molar-refractivity contribution in [3.63, 3.8) is 0 Å². The van der Waals surface area contributed by atoms with Crippen molar-refractivity contribution in [1.82, 2.24) is 15.5 Å². The maximum atomic E-state index is 12.0. The van der Waals surface area contributed by atoms with E-state index in [-0.39, 0.29) is 11.9 Å². The number of nitrogens with one attached hydrogen (secondary N) is 2. The monoisotopic (exact) mass is 340 g/mol. The Morgan fingerprint density at radius 2 is 2.12 bits per heavy atom. The summed E-state index contributed by atoms with van der Waals surface area (Å²) < 4.78 is 10.4. The Morgan fingerprint density at radius 3 is 2.80 bits per heavy atom. The minimum atomic E-state index is -0.0790. The molecule has 1 amide bonds. The molecule has 0 atom stereocenters. The second-order valence-electron chi connectivity index (χ2n) is 6.00. The zero-order chi connectivity index (χ0) is 17.8. The fourth-order valence-corrected chi connectivity index (χ4v) is 2.35. The van der Waals surface area contributed by atoms with Gasteiger partial charge in [0.1, 0.15) is 0 Å². The first-order valence-corrected chi connectivity index (χ1v) is 8.05. The molecule has 3 aromatic rings. The molecule has 0 unspecified atom stereocenters. The van der Waals surface area contributed by atoms with Crippen molar-refractivity contribution < 1.29 is 13.7 Å². The van der Waals surface area contributed by atoms with Crippen LogP contribution < -0.4 is 10.6 Å². The van der Waals surface area contributed by atoms with Gasteiger partial charge in [0.25, 0.3) is 5.91 Å². The van der Waals surface area contributed by atoms with Crippen LogP contribution in [-0.2, 0) is 6.54 Å². The van der Waals surface area contributed by atoms with Gasteiger partial charge in [0.2, 0.25) is 11.7 Å². The third-order valence-corrected chi connectivity index (χ3v) is 3.55. The van der Waals surface area contributed by atoms with Crippen LogP contribution >= 0.6 is 0 Å². The Bertz CT molecular complexity index is 853. The molecule has 25 heavy (non-hydrogen) atoms. The number of rotatable bonds is 6. The van der Waals surface area contributed by atoms with Crippen LogP contribution in [0.5, 0.6) is 0 Å². The van der Waals surface area contributed by atoms with Gasteiger partial charge in [-0.1, -0.05) is 5.16 Å². The second-order valence-corrected chi connectivity index (χ2v) is 6.00. The van der Waals surface area contributed by atoms with Crippen LogP contribution in [0.4, 0.5) is 5.69 Å². The molecule has 3 rings (SSSR count). The summed E-state index contributed by atoms with van der Waals surface area (Å²) >= 11 is 0. The Morgan fingerprint density at radius 1 is 1.28 bits per heavy atom. The molecular formula is C18H20N4O3. The molecule has 0 bridgehead atoms. The lowest BCUT2D eigenvalue weighted by atomic mass is 10.1. The van der Waals surface area contributed by atoms with Gasteiger partial charge < -0.3 is 19.6 Å². The fraction of sp³-hybridized carbons (Fsp3) is 0.278. The quantitative estimate of drug-likeness (QED) is 0.714. The molecule has 0 aliphatic heterocycles. The van der Waals surface area contributed by atoms with Gasteiger partial charge in [-0.05, 0) is 56.7 Å². The molecule has 0 saturated heterocycles. The van der Waals surface area contributed by atoms with Crippen LogP contribution in [0.3, 0.4) is 0 Å². The third kappa shape index (κ3) is 4.06. The van der Waals surface area contributed by atoms with E-state index in [0.29, 0.717) is 29.6 Å². The lowest BCUT2D eigenvalue weighted by Crippen LogP contribution is -2.30. The summed E-state index contributed by atoms with van der Waals surface area (Å²) in [5, 5.41) is 10.00. The van der Waals surface area contributed by atoms with Crippen molar-refractivity contribution >= 4 is 11.6 Å². The number of nitrogens with zero attached hydrogens (tertiary/aromatic N) is 2. The van der Waals surface area contributed by atoms with Crippen LogP contribution in [0.2, 0.25) is 0 Å². The van der Waals surface area contributed by atoms with Crippen molar-refractivity contribution in [3.05, 3.63) is 53.6 Å². The highest BCUT2D eigenvalue weighted by molar-refractivity contribution is 5.95. The van der Waals surface area contributed by atoms with Gasteiger partial charge in [-0.2, -0.15) is 4.98 Å². The third-order valence-electron chi connectivity index (χ3n) is 3.55. The molecule has 2 heterocycles. The predicted molar refractivity (Wildman–Crippen MR) is 93.1 cm³/mol. The molecule has 7 heteroatoms. The van der Waals surface area contributed by atoms with Crippen LogP contribution in [0.15, 0.2) is 45.5 Å². The molecule has 2 N–H and O–H groups in total. The molecule has 0 radical (unpaired) electrons. The van der Waals surface area contributed by atoms with Crippen molar-refractivity contribution in [2.24, 2.45) is 0 Å². The molecule has 130 valence electrons. The number of aryl methyl sites for hydroxylation is 1. The van der Waals surface area contributed by atoms with Gasteiger partial charge in [-0.25, -0.2) is 0 Å². The van der Waals surface area contributed by atoms with Gasteiger partial charge in [0, 0.05) is 17.3 Å². The first kappa shape index (κ1) is 16.8. The number of aromatic nitrogens is 2. The van der Waals surface area contributed by atoms with E-state index < -0.39 is 0 Å². The van der Waals surface area contributed by atoms with Gasteiger partial charge in [-0.3, -0.25) is 4.79 Å². The van der Waals surface area contributed by atoms with Crippen LogP contribution in [0.25, 0.3) is 11.6 Å². The first-order chi connectivity index (χ1) is 12.0. The summed E-state index contributed by atoms with van der Waals surface area (Å²) in [5.74, 6) is 1.35. The summed E-state index contributed by atoms with van der Waals surface area (Å²) in [6.07, 6.45) is 1.56. The Balaban J connectivity index is 1.64. The molecule has 7 nitrogen and oxygen atoms in total. The lowest BCUT2D eigenvalue weighted by molar-refractivity contribution is 0.0943. The predicted octanol–water partition coefficient (Wildman–Crippen LogP) is 3.39. The summed E-state index contributed by atoms with van der Waals surface area (Å²) in [7, 11) is 0. The average molecular weight is 340 g/mol. The number of hydrogen-bond acceptors (Lipinski definition) is 6. The number of anilines is 1. The van der Waals surface area contributed by atoms with Gasteiger partial charge in [-0.15, -0.1) is 0 Å². The van der Waals surface area contributed by atoms with E-state index in [0.717, 1.165) is 11.3 Å². The van der Waals surface area contributed by atoms with E-state index in [4.69, 9.17) is 8.94 Å². The van der Waals surface area contributed by atoms with Gasteiger partial charge >= 0.3 is 0 Å². The molecule has 0 saturated carbocycles. The van der Waals surface area contributed by atoms with Gasteiger partial charge in [0.05, 0.1) is 12.8 Å². The number of carbonyl (C=O) groups excluding carboxylic acids is 1. The maximum absolute atomic E-state index is 12.0. The zero-order valence-corrected chi connectivity index (χ0v) is 14.4. The highest BCUT2D eigenvalue weighted by Gasteiger charge is 2.12. The van der Waals surface area contributed by atoms with E-state index in [1.54, 1.807) is 24.5 Å². The maximum Gasteiger partial charge on any atom is 0.251 e. The smallest absolute Gasteiger partial charge is 0.251 e. The first-order valence-electron chi connectivity index (χ1n) is 8.05. The number of furan rings is 1. The van der Waals surface area contributed by atoms with Crippen LogP contribution in [0.1, 0.15) is 35.7 Å². The lowest BCUT2D eigenvalue weighted by Gasteiger charge is -2.11. The van der Waals surface area contributed by atoms with Gasteiger partial charge in [0.15, 0.2) is 5.76 Å². The zero-order valence-electron chi connectivity index (χ0n) is 14.4. The largest absolute Gasteiger partial charge is 0.461 e. The highest BCUT2D eigenvalue weighted by Crippen LogP contribution is 2.19. The Labute approximate surface area is 145 Å². The molecular weight excluding hydrogens is 320 g/mol. The number of benzene rings is 1. The molecule has 0 spiro atoms. The fourth-order valence-electron chi connectivity index (χ4n) is 2.35. The number of carbonyl (C=O) groups is 1. The average Bonchev–Trinajstić information content (AvgIpc) is 3.24. The minimum absolute atomic E-state index is 0.0790. The Hall–Kier alpha value is -3.09. The summed E-state index contributed by atoms with van der Waals surface area (Å²) in [6.45, 7) is 6.19. The van der Waals surface area contributed by atoms with E-state index in [9.17, 15) is 4.79 Å². The molecule has 1 aromatic carbocycles. The Kier molecular flexibility index (Phi) is 4.83. The molecule has 0 fully saturated rings. The highest BCUT2D eigenvalue weighted by atomic mass is 16.5. The summed E-state index contributed by atoms with van der Waals surface area (Å²) in [5.41, 5.74) is 2.50. The van der Waals surface area contributed by atoms with Crippen LogP contribution in [0, 0.1) is 6.92 Å². The normalized spacial score (nSPS) is 10.9. The van der Waals surface area contributed by atoms with E-state index in [2.05, 4.69) is 20.8 Å². The van der Waals surface area contributed by atoms with Crippen molar-refractivity contribution in [2.45, 2.75) is 33.4 Å². The molecule has 0 aliphatic rings. The van der Waals surface area contributed by atoms with E-state index in [1.165, 1.54) is 0 Å². The molecule has 0 aliphatic carbocycles. The van der Waals surface area contributed by atoms with Crippen molar-refractivity contribution in [3.8, 4) is 11.6 Å². The van der Waals surface area contributed by atoms with E-state index in [1.807, 2.05) is 32.9 Å². The summed E-state index contributed by atoms with van der Waals surface area (Å²) in [4.78, 5) is 16.3. The van der Waals surface area contributed by atoms with Crippen molar-refractivity contribution in [1.29, 1.82) is 0 Å². The standard InChI is InChI=1S/C18H20N4O3/c1-11(2)20-18(23)13-6-7-14(12(3)9-13)19-10-16-21-17(22-25-16)15-5-4-8-24-15/h4-9,11,19H,10H2,1-3H3,(H,20,23). The van der Waals surface area contributed by atoms with Crippen LogP contribution in [-0.4, -0.2) is 22.1 Å². The summed E-state index contributed by atoms with van der Waals surface area (Å²) in [6, 6.07) is 9.15. The van der Waals surface area contributed by atoms with Crippen molar-refractivity contribution in [2.75, 3.05) is 5.32 Å². The minimum Gasteiger partial charge on any atom is -0.461 e. The second kappa shape index (κ2) is 7.21. The SMILES string of the molecule is Cc1cc(C(=O)NC(C)C)ccc1NCc1nc(-c2ccco2)no1. The number of hydrogen-bond donors (Lipinski definition) is 2.